The zero-order chi connectivity index (χ0) is 16.0. The second-order valence-electron chi connectivity index (χ2n) is 5.03. The molecule has 0 unspecified atom stereocenters. The monoisotopic (exact) mass is 297 g/mol. The lowest BCUT2D eigenvalue weighted by Gasteiger charge is -2.20. The maximum Gasteiger partial charge on any atom is 0.321 e. The standard InChI is InChI=1S/C14H19NO6/c1-8(4-2-3-5-11(16)17)10-7-15-13(14(20)21)9(10)6-12(18)19/h2-4,9-10,13,15H,5-7H2,1H3,(H,16,17)(H,18,19)(H,20,21)/b3-2+,8-4+/t9-,10+,13-/m0/s1. The van der Waals surface area contributed by atoms with Crippen LogP contribution in [-0.4, -0.2) is 45.8 Å². The molecule has 1 rings (SSSR count). The molecule has 1 heterocycles. The van der Waals surface area contributed by atoms with Crippen LogP contribution in [-0.2, 0) is 14.4 Å². The molecule has 1 aliphatic rings. The van der Waals surface area contributed by atoms with Crippen molar-refractivity contribution in [1.82, 2.24) is 5.32 Å². The molecule has 0 aromatic carbocycles. The van der Waals surface area contributed by atoms with Crippen LogP contribution in [0.15, 0.2) is 23.8 Å². The van der Waals surface area contributed by atoms with Crippen LogP contribution in [0.4, 0.5) is 0 Å². The summed E-state index contributed by atoms with van der Waals surface area (Å²) in [5.74, 6) is -3.75. The molecule has 0 saturated carbocycles. The molecule has 7 nitrogen and oxygen atoms in total. The van der Waals surface area contributed by atoms with Crippen LogP contribution >= 0.6 is 0 Å². The van der Waals surface area contributed by atoms with Crippen LogP contribution in [0, 0.1) is 11.8 Å². The Morgan fingerprint density at radius 3 is 2.38 bits per heavy atom. The fourth-order valence-corrected chi connectivity index (χ4v) is 2.53. The van der Waals surface area contributed by atoms with Crippen LogP contribution in [0.5, 0.6) is 0 Å². The van der Waals surface area contributed by atoms with Crippen molar-refractivity contribution >= 4 is 17.9 Å². The summed E-state index contributed by atoms with van der Waals surface area (Å²) in [5, 5.41) is 29.4. The number of nitrogens with one attached hydrogen (secondary N) is 1. The number of allylic oxidation sites excluding steroid dienone is 2. The second kappa shape index (κ2) is 7.58. The van der Waals surface area contributed by atoms with Gasteiger partial charge in [-0.2, -0.15) is 0 Å². The number of hydrogen-bond donors (Lipinski definition) is 4. The first kappa shape index (κ1) is 16.9. The van der Waals surface area contributed by atoms with Crippen LogP contribution in [0.1, 0.15) is 19.8 Å². The lowest BCUT2D eigenvalue weighted by atomic mass is 9.83. The van der Waals surface area contributed by atoms with E-state index in [9.17, 15) is 14.4 Å². The average Bonchev–Trinajstić information content (AvgIpc) is 2.77. The van der Waals surface area contributed by atoms with Crippen molar-refractivity contribution in [1.29, 1.82) is 0 Å². The molecule has 1 saturated heterocycles. The van der Waals surface area contributed by atoms with Gasteiger partial charge in [0.1, 0.15) is 6.04 Å². The topological polar surface area (TPSA) is 124 Å². The molecule has 4 N–H and O–H groups in total. The Hall–Kier alpha value is -2.15. The van der Waals surface area contributed by atoms with E-state index in [1.807, 2.05) is 0 Å². The molecule has 0 amide bonds. The van der Waals surface area contributed by atoms with Gasteiger partial charge in [0.05, 0.1) is 12.8 Å². The van der Waals surface area contributed by atoms with Gasteiger partial charge in [0.2, 0.25) is 0 Å². The van der Waals surface area contributed by atoms with Crippen molar-refractivity contribution in [3.63, 3.8) is 0 Å². The van der Waals surface area contributed by atoms with E-state index in [4.69, 9.17) is 15.3 Å². The fraction of sp³-hybridized carbons (Fsp3) is 0.500. The Labute approximate surface area is 122 Å². The van der Waals surface area contributed by atoms with E-state index in [0.717, 1.165) is 5.57 Å². The number of hydrogen-bond acceptors (Lipinski definition) is 4. The Balaban J connectivity index is 2.81. The molecule has 0 aromatic rings. The largest absolute Gasteiger partial charge is 0.481 e. The second-order valence-corrected chi connectivity index (χ2v) is 5.03. The maximum atomic E-state index is 11.1. The maximum absolute atomic E-state index is 11.1. The lowest BCUT2D eigenvalue weighted by molar-refractivity contribution is -0.142. The van der Waals surface area contributed by atoms with Gasteiger partial charge in [0, 0.05) is 12.5 Å². The van der Waals surface area contributed by atoms with Crippen LogP contribution in [0.3, 0.4) is 0 Å². The predicted molar refractivity (Wildman–Crippen MR) is 73.8 cm³/mol. The summed E-state index contributed by atoms with van der Waals surface area (Å²) in [6.45, 7) is 2.18. The lowest BCUT2D eigenvalue weighted by Crippen LogP contribution is -2.36. The highest BCUT2D eigenvalue weighted by Crippen LogP contribution is 2.31. The van der Waals surface area contributed by atoms with Crippen molar-refractivity contribution < 1.29 is 29.7 Å². The van der Waals surface area contributed by atoms with Gasteiger partial charge in [-0.05, 0) is 12.8 Å². The molecule has 3 atom stereocenters. The highest BCUT2D eigenvalue weighted by atomic mass is 16.4. The summed E-state index contributed by atoms with van der Waals surface area (Å²) in [6, 6.07) is -0.877. The molecular weight excluding hydrogens is 278 g/mol. The first-order valence-corrected chi connectivity index (χ1v) is 6.56. The van der Waals surface area contributed by atoms with Crippen molar-refractivity contribution in [3.8, 4) is 0 Å². The number of carboxylic acids is 3. The number of rotatable bonds is 7. The van der Waals surface area contributed by atoms with E-state index in [-0.39, 0.29) is 18.8 Å². The van der Waals surface area contributed by atoms with Gasteiger partial charge >= 0.3 is 17.9 Å². The minimum absolute atomic E-state index is 0.0942. The van der Waals surface area contributed by atoms with E-state index < -0.39 is 29.9 Å². The molecule has 1 aliphatic heterocycles. The summed E-state index contributed by atoms with van der Waals surface area (Å²) >= 11 is 0. The van der Waals surface area contributed by atoms with Gasteiger partial charge in [0.25, 0.3) is 0 Å². The van der Waals surface area contributed by atoms with E-state index in [0.29, 0.717) is 6.54 Å². The minimum Gasteiger partial charge on any atom is -0.481 e. The number of aliphatic carboxylic acids is 3. The zero-order valence-electron chi connectivity index (χ0n) is 11.7. The molecule has 0 aromatic heterocycles. The van der Waals surface area contributed by atoms with Gasteiger partial charge in [-0.3, -0.25) is 14.4 Å². The zero-order valence-corrected chi connectivity index (χ0v) is 11.7. The Kier molecular flexibility index (Phi) is 6.10. The molecule has 1 fully saturated rings. The van der Waals surface area contributed by atoms with Crippen molar-refractivity contribution in [3.05, 3.63) is 23.8 Å². The Bertz CT molecular complexity index is 482. The van der Waals surface area contributed by atoms with Crippen molar-refractivity contribution in [2.24, 2.45) is 11.8 Å². The third-order valence-electron chi connectivity index (χ3n) is 3.55. The molecule has 0 radical (unpaired) electrons. The average molecular weight is 297 g/mol. The van der Waals surface area contributed by atoms with Gasteiger partial charge in [-0.1, -0.05) is 23.8 Å². The molecular formula is C14H19NO6. The molecule has 0 spiro atoms. The summed E-state index contributed by atoms with van der Waals surface area (Å²) in [5.41, 5.74) is 0.833. The minimum atomic E-state index is -1.06. The highest BCUT2D eigenvalue weighted by Gasteiger charge is 2.41. The third-order valence-corrected chi connectivity index (χ3v) is 3.55. The smallest absolute Gasteiger partial charge is 0.321 e. The van der Waals surface area contributed by atoms with Gasteiger partial charge in [-0.25, -0.2) is 0 Å². The Morgan fingerprint density at radius 2 is 1.86 bits per heavy atom. The molecule has 0 aliphatic carbocycles. The first-order valence-electron chi connectivity index (χ1n) is 6.56. The van der Waals surface area contributed by atoms with Gasteiger partial charge < -0.3 is 20.6 Å². The number of carboxylic acid groups (broad SMARTS) is 3. The molecule has 7 heteroatoms. The quantitative estimate of drug-likeness (QED) is 0.510. The summed E-state index contributed by atoms with van der Waals surface area (Å²) in [6.07, 6.45) is 4.46. The van der Waals surface area contributed by atoms with Crippen molar-refractivity contribution in [2.75, 3.05) is 6.54 Å². The number of carbonyl (C=O) groups is 3. The van der Waals surface area contributed by atoms with E-state index in [1.54, 1.807) is 19.1 Å². The summed E-state index contributed by atoms with van der Waals surface area (Å²) in [7, 11) is 0. The van der Waals surface area contributed by atoms with Gasteiger partial charge in [-0.15, -0.1) is 0 Å². The molecule has 116 valence electrons. The summed E-state index contributed by atoms with van der Waals surface area (Å²) < 4.78 is 0. The van der Waals surface area contributed by atoms with Crippen LogP contribution in [0.25, 0.3) is 0 Å². The molecule has 21 heavy (non-hydrogen) atoms. The third kappa shape index (κ3) is 5.03. The normalized spacial score (nSPS) is 26.1. The van der Waals surface area contributed by atoms with E-state index in [1.165, 1.54) is 6.08 Å². The summed E-state index contributed by atoms with van der Waals surface area (Å²) in [4.78, 5) is 32.4. The van der Waals surface area contributed by atoms with Crippen LogP contribution < -0.4 is 5.32 Å². The SMILES string of the molecule is C/C(=C\C=C\CC(=O)O)[C@H]1CN[C@H](C(=O)O)[C@H]1CC(=O)O. The van der Waals surface area contributed by atoms with Crippen molar-refractivity contribution in [2.45, 2.75) is 25.8 Å². The van der Waals surface area contributed by atoms with Gasteiger partial charge in [0.15, 0.2) is 0 Å². The molecule has 0 bridgehead atoms. The fourth-order valence-electron chi connectivity index (χ4n) is 2.53. The van der Waals surface area contributed by atoms with E-state index in [2.05, 4.69) is 5.32 Å². The Morgan fingerprint density at radius 1 is 1.19 bits per heavy atom. The van der Waals surface area contributed by atoms with E-state index >= 15 is 0 Å². The van der Waals surface area contributed by atoms with Crippen LogP contribution in [0.2, 0.25) is 0 Å². The first-order chi connectivity index (χ1) is 9.82. The predicted octanol–water partition coefficient (Wildman–Crippen LogP) is 0.727. The highest BCUT2D eigenvalue weighted by molar-refractivity contribution is 5.76.